The van der Waals surface area contributed by atoms with Gasteiger partial charge in [0.1, 0.15) is 17.8 Å². The van der Waals surface area contributed by atoms with E-state index in [9.17, 15) is 13.2 Å². The van der Waals surface area contributed by atoms with E-state index in [2.05, 4.69) is 50.6 Å². The predicted molar refractivity (Wildman–Crippen MR) is 104 cm³/mol. The van der Waals surface area contributed by atoms with Gasteiger partial charge in [0.25, 0.3) is 0 Å². The Balaban J connectivity index is 1.34. The summed E-state index contributed by atoms with van der Waals surface area (Å²) in [7, 11) is 0. The van der Waals surface area contributed by atoms with Crippen LogP contribution in [0, 0.1) is 0 Å². The Morgan fingerprint density at radius 1 is 0.964 bits per heavy atom. The Morgan fingerprint density at radius 3 is 2.36 bits per heavy atom. The molecular weight excluding hydrogens is 385 g/mol. The number of piperazine rings is 1. The van der Waals surface area contributed by atoms with E-state index in [1.54, 1.807) is 11.3 Å². The summed E-state index contributed by atoms with van der Waals surface area (Å²) in [5.41, 5.74) is 1.55. The third kappa shape index (κ3) is 4.34. The molecule has 0 spiro atoms. The Morgan fingerprint density at radius 2 is 1.71 bits per heavy atom. The zero-order chi connectivity index (χ0) is 19.6. The van der Waals surface area contributed by atoms with Gasteiger partial charge in [0, 0.05) is 43.7 Å². The first kappa shape index (κ1) is 18.9. The molecule has 1 aromatic carbocycles. The van der Waals surface area contributed by atoms with E-state index in [1.165, 1.54) is 16.0 Å². The van der Waals surface area contributed by atoms with Crippen LogP contribution in [0.1, 0.15) is 11.3 Å². The molecule has 3 aromatic rings. The zero-order valence-corrected chi connectivity index (χ0v) is 15.9. The highest BCUT2D eigenvalue weighted by molar-refractivity contribution is 7.13. The average Bonchev–Trinajstić information content (AvgIpc) is 3.23. The van der Waals surface area contributed by atoms with Crippen molar-refractivity contribution in [3.8, 4) is 10.4 Å². The molecule has 0 bridgehead atoms. The molecule has 3 heterocycles. The lowest BCUT2D eigenvalue weighted by molar-refractivity contribution is -0.141. The topological polar surface area (TPSA) is 32.3 Å². The van der Waals surface area contributed by atoms with Crippen LogP contribution in [0.5, 0.6) is 0 Å². The van der Waals surface area contributed by atoms with Crippen LogP contribution < -0.4 is 4.90 Å². The Kier molecular flexibility index (Phi) is 5.32. The minimum Gasteiger partial charge on any atom is -0.354 e. The fourth-order valence-electron chi connectivity index (χ4n) is 3.29. The van der Waals surface area contributed by atoms with Crippen LogP contribution in [0.15, 0.2) is 54.2 Å². The van der Waals surface area contributed by atoms with E-state index in [4.69, 9.17) is 0 Å². The lowest BCUT2D eigenvalue weighted by Crippen LogP contribution is -2.46. The molecular formula is C20H19F3N4S. The highest BCUT2D eigenvalue weighted by Gasteiger charge is 2.33. The van der Waals surface area contributed by atoms with Gasteiger partial charge >= 0.3 is 6.18 Å². The standard InChI is InChI=1S/C20H19F3N4S/c21-20(22,23)18-12-19(25-14-24-18)27-9-7-26(8-10-27)13-15-3-5-16(6-4-15)17-2-1-11-28-17/h1-6,11-12,14H,7-10,13H2. The summed E-state index contributed by atoms with van der Waals surface area (Å²) >= 11 is 1.72. The molecule has 146 valence electrons. The summed E-state index contributed by atoms with van der Waals surface area (Å²) < 4.78 is 38.5. The maximum Gasteiger partial charge on any atom is 0.433 e. The van der Waals surface area contributed by atoms with E-state index in [0.29, 0.717) is 18.9 Å². The second-order valence-electron chi connectivity index (χ2n) is 6.70. The number of thiophene rings is 1. The van der Waals surface area contributed by atoms with Crippen molar-refractivity contribution in [2.45, 2.75) is 12.7 Å². The van der Waals surface area contributed by atoms with Crippen LogP contribution >= 0.6 is 11.3 Å². The molecule has 8 heteroatoms. The summed E-state index contributed by atoms with van der Waals surface area (Å²) in [4.78, 5) is 12.8. The van der Waals surface area contributed by atoms with Crippen molar-refractivity contribution < 1.29 is 13.2 Å². The Hall–Kier alpha value is -2.45. The molecule has 1 aliphatic rings. The number of rotatable bonds is 4. The molecule has 0 amide bonds. The molecule has 1 aliphatic heterocycles. The van der Waals surface area contributed by atoms with E-state index in [-0.39, 0.29) is 0 Å². The lowest BCUT2D eigenvalue weighted by atomic mass is 10.1. The molecule has 4 nitrogen and oxygen atoms in total. The third-order valence-electron chi connectivity index (χ3n) is 4.81. The molecule has 4 rings (SSSR count). The summed E-state index contributed by atoms with van der Waals surface area (Å²) in [6.07, 6.45) is -3.46. The van der Waals surface area contributed by atoms with Crippen molar-refractivity contribution >= 4 is 17.2 Å². The van der Waals surface area contributed by atoms with E-state index in [1.807, 2.05) is 11.0 Å². The SMILES string of the molecule is FC(F)(F)c1cc(N2CCN(Cc3ccc(-c4cccs4)cc3)CC2)ncn1. The van der Waals surface area contributed by atoms with Gasteiger partial charge in [0.2, 0.25) is 0 Å². The number of nitrogens with zero attached hydrogens (tertiary/aromatic N) is 4. The van der Waals surface area contributed by atoms with Gasteiger partial charge in [-0.05, 0) is 22.6 Å². The lowest BCUT2D eigenvalue weighted by Gasteiger charge is -2.35. The smallest absolute Gasteiger partial charge is 0.354 e. The number of halogens is 3. The Labute approximate surface area is 165 Å². The van der Waals surface area contributed by atoms with Crippen LogP contribution in [0.4, 0.5) is 19.0 Å². The number of hydrogen-bond donors (Lipinski definition) is 0. The van der Waals surface area contributed by atoms with Crippen LogP contribution in [0.25, 0.3) is 10.4 Å². The number of alkyl halides is 3. The van der Waals surface area contributed by atoms with Crippen molar-refractivity contribution in [1.82, 2.24) is 14.9 Å². The molecule has 2 aromatic heterocycles. The maximum absolute atomic E-state index is 12.8. The van der Waals surface area contributed by atoms with Gasteiger partial charge in [-0.25, -0.2) is 9.97 Å². The first-order chi connectivity index (χ1) is 13.5. The third-order valence-corrected chi connectivity index (χ3v) is 5.72. The number of aromatic nitrogens is 2. The summed E-state index contributed by atoms with van der Waals surface area (Å²) in [6, 6.07) is 13.7. The summed E-state index contributed by atoms with van der Waals surface area (Å²) in [6.45, 7) is 3.66. The summed E-state index contributed by atoms with van der Waals surface area (Å²) in [5.74, 6) is 0.335. The van der Waals surface area contributed by atoms with E-state index >= 15 is 0 Å². The van der Waals surface area contributed by atoms with Crippen LogP contribution in [-0.4, -0.2) is 41.0 Å². The molecule has 1 fully saturated rings. The monoisotopic (exact) mass is 404 g/mol. The summed E-state index contributed by atoms with van der Waals surface area (Å²) in [5, 5.41) is 2.07. The van der Waals surface area contributed by atoms with Gasteiger partial charge in [-0.3, -0.25) is 4.90 Å². The molecule has 0 aliphatic carbocycles. The van der Waals surface area contributed by atoms with Gasteiger partial charge in [-0.15, -0.1) is 11.3 Å². The van der Waals surface area contributed by atoms with Gasteiger partial charge in [0.15, 0.2) is 0 Å². The molecule has 0 N–H and O–H groups in total. The van der Waals surface area contributed by atoms with Gasteiger partial charge in [-0.1, -0.05) is 30.3 Å². The van der Waals surface area contributed by atoms with E-state index in [0.717, 1.165) is 32.0 Å². The van der Waals surface area contributed by atoms with Gasteiger partial charge in [-0.2, -0.15) is 13.2 Å². The normalized spacial score (nSPS) is 15.8. The predicted octanol–water partition coefficient (Wildman–Crippen LogP) is 4.55. The maximum atomic E-state index is 12.8. The average molecular weight is 404 g/mol. The van der Waals surface area contributed by atoms with Crippen molar-refractivity contribution in [3.05, 3.63) is 65.4 Å². The van der Waals surface area contributed by atoms with Crippen molar-refractivity contribution in [2.75, 3.05) is 31.1 Å². The highest BCUT2D eigenvalue weighted by Crippen LogP contribution is 2.29. The molecule has 0 atom stereocenters. The van der Waals surface area contributed by atoms with Crippen molar-refractivity contribution in [3.63, 3.8) is 0 Å². The first-order valence-electron chi connectivity index (χ1n) is 8.98. The second-order valence-corrected chi connectivity index (χ2v) is 7.64. The molecule has 28 heavy (non-hydrogen) atoms. The Bertz CT molecular complexity index is 902. The van der Waals surface area contributed by atoms with Crippen LogP contribution in [0.2, 0.25) is 0 Å². The van der Waals surface area contributed by atoms with Gasteiger partial charge in [0.05, 0.1) is 0 Å². The number of benzene rings is 1. The quantitative estimate of drug-likeness (QED) is 0.639. The largest absolute Gasteiger partial charge is 0.433 e. The van der Waals surface area contributed by atoms with E-state index < -0.39 is 11.9 Å². The fraction of sp³-hybridized carbons (Fsp3) is 0.300. The molecule has 0 radical (unpaired) electrons. The van der Waals surface area contributed by atoms with Gasteiger partial charge < -0.3 is 4.90 Å². The fourth-order valence-corrected chi connectivity index (χ4v) is 4.02. The van der Waals surface area contributed by atoms with Crippen LogP contribution in [-0.2, 0) is 12.7 Å². The number of hydrogen-bond acceptors (Lipinski definition) is 5. The molecule has 0 unspecified atom stereocenters. The molecule has 0 saturated carbocycles. The van der Waals surface area contributed by atoms with Crippen molar-refractivity contribution in [2.24, 2.45) is 0 Å². The zero-order valence-electron chi connectivity index (χ0n) is 15.1. The first-order valence-corrected chi connectivity index (χ1v) is 9.86. The minimum atomic E-state index is -4.45. The highest BCUT2D eigenvalue weighted by atomic mass is 32.1. The minimum absolute atomic E-state index is 0.335. The second kappa shape index (κ2) is 7.89. The van der Waals surface area contributed by atoms with Crippen LogP contribution in [0.3, 0.4) is 0 Å². The molecule has 1 saturated heterocycles. The van der Waals surface area contributed by atoms with Crippen molar-refractivity contribution in [1.29, 1.82) is 0 Å². The number of anilines is 1.